The maximum absolute atomic E-state index is 12.1. The van der Waals surface area contributed by atoms with Gasteiger partial charge in [-0.15, -0.1) is 0 Å². The predicted molar refractivity (Wildman–Crippen MR) is 77.2 cm³/mol. The van der Waals surface area contributed by atoms with Crippen LogP contribution in [0.4, 0.5) is 4.79 Å². The zero-order valence-electron chi connectivity index (χ0n) is 12.9. The monoisotopic (exact) mass is 306 g/mol. The number of benzene rings is 1. The number of aliphatic carboxylic acids is 1. The molecule has 0 aliphatic carbocycles. The highest BCUT2D eigenvalue weighted by molar-refractivity contribution is 5.74. The fourth-order valence-corrected chi connectivity index (χ4v) is 2.58. The third kappa shape index (κ3) is 3.69. The van der Waals surface area contributed by atoms with Gasteiger partial charge in [0.2, 0.25) is 0 Å². The van der Waals surface area contributed by atoms with Gasteiger partial charge in [0, 0.05) is 30.9 Å². The lowest BCUT2D eigenvalue weighted by molar-refractivity contribution is -0.311. The number of ether oxygens (including phenoxy) is 1. The molecule has 0 bridgehead atoms. The van der Waals surface area contributed by atoms with Crippen molar-refractivity contribution in [3.8, 4) is 5.75 Å². The number of rotatable bonds is 2. The summed E-state index contributed by atoms with van der Waals surface area (Å²) in [5.41, 5.74) is 0.114. The van der Waals surface area contributed by atoms with E-state index in [0.29, 0.717) is 0 Å². The van der Waals surface area contributed by atoms with E-state index >= 15 is 0 Å². The average molecular weight is 306 g/mol. The highest BCUT2D eigenvalue weighted by atomic mass is 16.6. The smallest absolute Gasteiger partial charge is 0.410 e. The molecule has 2 atom stereocenters. The van der Waals surface area contributed by atoms with Crippen LogP contribution in [-0.4, -0.2) is 40.8 Å². The van der Waals surface area contributed by atoms with Crippen LogP contribution in [0, 0.1) is 5.92 Å². The Hall–Kier alpha value is -2.24. The molecule has 1 aromatic carbocycles. The van der Waals surface area contributed by atoms with Crippen molar-refractivity contribution in [3.63, 3.8) is 0 Å². The molecule has 0 radical (unpaired) electrons. The first-order valence-electron chi connectivity index (χ1n) is 7.15. The first-order chi connectivity index (χ1) is 10.2. The molecular weight excluding hydrogens is 286 g/mol. The number of carbonyl (C=O) groups is 2. The zero-order valence-corrected chi connectivity index (χ0v) is 12.9. The number of carbonyl (C=O) groups excluding carboxylic acids is 2. The molecule has 120 valence electrons. The molecule has 0 saturated carbocycles. The summed E-state index contributed by atoms with van der Waals surface area (Å²) in [6, 6.07) is 6.32. The van der Waals surface area contributed by atoms with Crippen molar-refractivity contribution in [2.24, 2.45) is 5.92 Å². The number of phenolic OH excluding ortho intramolecular Hbond substituents is 1. The molecule has 1 aromatic rings. The summed E-state index contributed by atoms with van der Waals surface area (Å²) in [6.07, 6.45) is -0.528. The molecule has 22 heavy (non-hydrogen) atoms. The van der Waals surface area contributed by atoms with Gasteiger partial charge in [0.25, 0.3) is 0 Å². The minimum Gasteiger partial charge on any atom is -0.550 e. The molecule has 0 aromatic heterocycles. The van der Waals surface area contributed by atoms with Crippen molar-refractivity contribution in [2.45, 2.75) is 32.3 Å². The average Bonchev–Trinajstić information content (AvgIpc) is 2.83. The maximum atomic E-state index is 12.1. The number of carboxylic acids is 1. The van der Waals surface area contributed by atoms with Gasteiger partial charge >= 0.3 is 6.09 Å². The van der Waals surface area contributed by atoms with Gasteiger partial charge in [-0.3, -0.25) is 0 Å². The van der Waals surface area contributed by atoms with Crippen molar-refractivity contribution in [1.82, 2.24) is 4.90 Å². The molecular formula is C16H20NO5-. The highest BCUT2D eigenvalue weighted by Gasteiger charge is 2.38. The maximum Gasteiger partial charge on any atom is 0.410 e. The van der Waals surface area contributed by atoms with Crippen molar-refractivity contribution in [1.29, 1.82) is 0 Å². The van der Waals surface area contributed by atoms with E-state index in [-0.39, 0.29) is 24.8 Å². The van der Waals surface area contributed by atoms with E-state index in [1.165, 1.54) is 17.0 Å². The summed E-state index contributed by atoms with van der Waals surface area (Å²) in [6.45, 7) is 5.58. The summed E-state index contributed by atoms with van der Waals surface area (Å²) >= 11 is 0. The van der Waals surface area contributed by atoms with E-state index in [9.17, 15) is 19.8 Å². The Morgan fingerprint density at radius 2 is 1.82 bits per heavy atom. The van der Waals surface area contributed by atoms with Gasteiger partial charge in [0.15, 0.2) is 0 Å². The first kappa shape index (κ1) is 16.1. The van der Waals surface area contributed by atoms with Gasteiger partial charge < -0.3 is 24.6 Å². The van der Waals surface area contributed by atoms with Crippen LogP contribution in [0.15, 0.2) is 24.3 Å². The van der Waals surface area contributed by atoms with Gasteiger partial charge in [0.05, 0.1) is 0 Å². The summed E-state index contributed by atoms with van der Waals surface area (Å²) in [5.74, 6) is -2.25. The highest BCUT2D eigenvalue weighted by Crippen LogP contribution is 2.33. The Morgan fingerprint density at radius 3 is 2.32 bits per heavy atom. The molecule has 6 nitrogen and oxygen atoms in total. The Morgan fingerprint density at radius 1 is 1.23 bits per heavy atom. The third-order valence-electron chi connectivity index (χ3n) is 3.60. The molecule has 1 N–H and O–H groups in total. The fourth-order valence-electron chi connectivity index (χ4n) is 2.58. The van der Waals surface area contributed by atoms with Crippen LogP contribution in [0.3, 0.4) is 0 Å². The Kier molecular flexibility index (Phi) is 4.30. The number of aromatic hydroxyl groups is 1. The Bertz CT molecular complexity index is 561. The molecule has 1 saturated heterocycles. The fraction of sp³-hybridized carbons (Fsp3) is 0.500. The number of likely N-dealkylation sites (tertiary alicyclic amines) is 1. The standard InChI is InChI=1S/C16H21NO5/c1-16(2,3)22-15(21)17-8-12(13(9-17)14(19)20)10-4-6-11(18)7-5-10/h4-7,12-13,18H,8-9H2,1-3H3,(H,19,20)/p-1/t12-,13+/m0/s1. The van der Waals surface area contributed by atoms with Crippen LogP contribution < -0.4 is 5.11 Å². The molecule has 6 heteroatoms. The van der Waals surface area contributed by atoms with E-state index < -0.39 is 23.6 Å². The van der Waals surface area contributed by atoms with Crippen LogP contribution in [0.5, 0.6) is 5.75 Å². The van der Waals surface area contributed by atoms with Gasteiger partial charge in [-0.1, -0.05) is 12.1 Å². The molecule has 1 aliphatic rings. The number of amides is 1. The van der Waals surface area contributed by atoms with Gasteiger partial charge in [-0.25, -0.2) is 4.79 Å². The largest absolute Gasteiger partial charge is 0.550 e. The van der Waals surface area contributed by atoms with Crippen LogP contribution in [0.25, 0.3) is 0 Å². The summed E-state index contributed by atoms with van der Waals surface area (Å²) in [4.78, 5) is 24.9. The van der Waals surface area contributed by atoms with Crippen molar-refractivity contribution < 1.29 is 24.5 Å². The van der Waals surface area contributed by atoms with Gasteiger partial charge in [0.1, 0.15) is 11.4 Å². The lowest BCUT2D eigenvalue weighted by Gasteiger charge is -2.24. The number of hydrogen-bond acceptors (Lipinski definition) is 5. The molecule has 0 spiro atoms. The summed E-state index contributed by atoms with van der Waals surface area (Å²) in [7, 11) is 0. The molecule has 2 rings (SSSR count). The SMILES string of the molecule is CC(C)(C)OC(=O)N1C[C@@H](C(=O)[O-])[C@H](c2ccc(O)cc2)C1. The van der Waals surface area contributed by atoms with Crippen molar-refractivity contribution in [3.05, 3.63) is 29.8 Å². The quantitative estimate of drug-likeness (QED) is 0.883. The third-order valence-corrected chi connectivity index (χ3v) is 3.60. The van der Waals surface area contributed by atoms with Crippen LogP contribution in [-0.2, 0) is 9.53 Å². The van der Waals surface area contributed by atoms with Gasteiger partial charge in [-0.2, -0.15) is 0 Å². The van der Waals surface area contributed by atoms with Crippen LogP contribution in [0.2, 0.25) is 0 Å². The molecule has 1 aliphatic heterocycles. The predicted octanol–water partition coefficient (Wildman–Crippen LogP) is 1.09. The lowest BCUT2D eigenvalue weighted by Crippen LogP contribution is -2.38. The van der Waals surface area contributed by atoms with E-state index in [1.54, 1.807) is 32.9 Å². The first-order valence-corrected chi connectivity index (χ1v) is 7.15. The second kappa shape index (κ2) is 5.87. The summed E-state index contributed by atoms with van der Waals surface area (Å²) in [5, 5.41) is 20.7. The van der Waals surface area contributed by atoms with Crippen LogP contribution in [0.1, 0.15) is 32.3 Å². The second-order valence-electron chi connectivity index (χ2n) is 6.51. The zero-order chi connectivity index (χ0) is 16.5. The molecule has 0 unspecified atom stereocenters. The lowest BCUT2D eigenvalue weighted by atomic mass is 9.89. The van der Waals surface area contributed by atoms with Gasteiger partial charge in [-0.05, 0) is 38.5 Å². The topological polar surface area (TPSA) is 89.9 Å². The Labute approximate surface area is 129 Å². The minimum absolute atomic E-state index is 0.0583. The van der Waals surface area contributed by atoms with Crippen molar-refractivity contribution in [2.75, 3.05) is 13.1 Å². The second-order valence-corrected chi connectivity index (χ2v) is 6.51. The molecule has 1 fully saturated rings. The van der Waals surface area contributed by atoms with Crippen molar-refractivity contribution >= 4 is 12.1 Å². The minimum atomic E-state index is -1.19. The molecule has 1 amide bonds. The number of nitrogens with zero attached hydrogens (tertiary/aromatic N) is 1. The summed E-state index contributed by atoms with van der Waals surface area (Å²) < 4.78 is 5.29. The molecule has 1 heterocycles. The number of hydrogen-bond donors (Lipinski definition) is 1. The van der Waals surface area contributed by atoms with E-state index in [0.717, 1.165) is 5.56 Å². The number of carboxylic acid groups (broad SMARTS) is 1. The van der Waals surface area contributed by atoms with E-state index in [4.69, 9.17) is 4.74 Å². The van der Waals surface area contributed by atoms with E-state index in [1.807, 2.05) is 0 Å². The van der Waals surface area contributed by atoms with Crippen LogP contribution >= 0.6 is 0 Å². The Balaban J connectivity index is 2.18. The normalized spacial score (nSPS) is 21.7. The van der Waals surface area contributed by atoms with E-state index in [2.05, 4.69) is 0 Å². The number of phenols is 1.